The summed E-state index contributed by atoms with van der Waals surface area (Å²) < 4.78 is 16.5. The van der Waals surface area contributed by atoms with Crippen molar-refractivity contribution in [2.75, 3.05) is 53.8 Å². The largest absolute Gasteiger partial charge is 0.493 e. The van der Waals surface area contributed by atoms with Crippen molar-refractivity contribution in [3.05, 3.63) is 48.0 Å². The van der Waals surface area contributed by atoms with Gasteiger partial charge in [0.2, 0.25) is 5.75 Å². The summed E-state index contributed by atoms with van der Waals surface area (Å²) in [5.41, 5.74) is 1.07. The van der Waals surface area contributed by atoms with E-state index in [4.69, 9.17) is 14.2 Å². The van der Waals surface area contributed by atoms with E-state index < -0.39 is 0 Å². The van der Waals surface area contributed by atoms with Gasteiger partial charge < -0.3 is 24.4 Å². The SMILES string of the molecule is CN=C(NCCc1ccc(OC)c(OC)c1OC)N1CCC(CSc2ccccc2)C1.I. The monoisotopic (exact) mass is 571 g/mol. The summed E-state index contributed by atoms with van der Waals surface area (Å²) in [6.07, 6.45) is 1.99. The molecule has 1 N–H and O–H groups in total. The summed E-state index contributed by atoms with van der Waals surface area (Å²) in [6.45, 7) is 2.84. The number of nitrogens with zero attached hydrogens (tertiary/aromatic N) is 2. The van der Waals surface area contributed by atoms with Crippen molar-refractivity contribution in [3.8, 4) is 17.2 Å². The van der Waals surface area contributed by atoms with Crippen LogP contribution in [0.5, 0.6) is 17.2 Å². The molecule has 0 bridgehead atoms. The Morgan fingerprint density at radius 1 is 1.06 bits per heavy atom. The number of nitrogens with one attached hydrogen (secondary N) is 1. The van der Waals surface area contributed by atoms with E-state index in [-0.39, 0.29) is 24.0 Å². The average Bonchev–Trinajstić information content (AvgIpc) is 3.29. The fourth-order valence-electron chi connectivity index (χ4n) is 3.89. The minimum atomic E-state index is 0. The van der Waals surface area contributed by atoms with Crippen LogP contribution in [0.1, 0.15) is 12.0 Å². The van der Waals surface area contributed by atoms with Crippen molar-refractivity contribution in [1.82, 2.24) is 10.2 Å². The van der Waals surface area contributed by atoms with Crippen LogP contribution in [-0.2, 0) is 6.42 Å². The summed E-state index contributed by atoms with van der Waals surface area (Å²) in [5, 5.41) is 3.51. The van der Waals surface area contributed by atoms with Gasteiger partial charge in [0.05, 0.1) is 21.3 Å². The van der Waals surface area contributed by atoms with E-state index >= 15 is 0 Å². The first-order chi connectivity index (χ1) is 15.2. The highest BCUT2D eigenvalue weighted by Crippen LogP contribution is 2.39. The van der Waals surface area contributed by atoms with Crippen LogP contribution < -0.4 is 19.5 Å². The molecule has 1 unspecified atom stereocenters. The number of likely N-dealkylation sites (tertiary alicyclic amines) is 1. The second-order valence-corrected chi connectivity index (χ2v) is 8.54. The maximum Gasteiger partial charge on any atom is 0.203 e. The van der Waals surface area contributed by atoms with E-state index in [0.717, 1.165) is 49.1 Å². The van der Waals surface area contributed by atoms with E-state index in [2.05, 4.69) is 45.5 Å². The van der Waals surface area contributed by atoms with E-state index in [0.29, 0.717) is 17.4 Å². The first-order valence-electron chi connectivity index (χ1n) is 10.6. The molecule has 1 aliphatic heterocycles. The normalized spacial score (nSPS) is 15.8. The minimum absolute atomic E-state index is 0. The van der Waals surface area contributed by atoms with Crippen molar-refractivity contribution in [1.29, 1.82) is 0 Å². The Kier molecular flexibility index (Phi) is 11.3. The van der Waals surface area contributed by atoms with Crippen molar-refractivity contribution in [3.63, 3.8) is 0 Å². The van der Waals surface area contributed by atoms with Gasteiger partial charge in [-0.2, -0.15) is 0 Å². The lowest BCUT2D eigenvalue weighted by molar-refractivity contribution is 0.322. The predicted octanol–water partition coefficient (Wildman–Crippen LogP) is 4.56. The lowest BCUT2D eigenvalue weighted by Crippen LogP contribution is -2.41. The molecular formula is C24H34IN3O3S. The van der Waals surface area contributed by atoms with Crippen LogP contribution >= 0.6 is 35.7 Å². The number of halogens is 1. The van der Waals surface area contributed by atoms with Crippen molar-refractivity contribution in [2.45, 2.75) is 17.7 Å². The Bertz CT molecular complexity index is 867. The molecule has 0 aliphatic carbocycles. The number of rotatable bonds is 9. The third-order valence-electron chi connectivity index (χ3n) is 5.49. The van der Waals surface area contributed by atoms with Crippen molar-refractivity contribution in [2.24, 2.45) is 10.9 Å². The second kappa shape index (κ2) is 13.7. The zero-order chi connectivity index (χ0) is 22.1. The maximum atomic E-state index is 5.60. The highest BCUT2D eigenvalue weighted by molar-refractivity contribution is 14.0. The van der Waals surface area contributed by atoms with Crippen LogP contribution in [0.25, 0.3) is 0 Å². The highest BCUT2D eigenvalue weighted by atomic mass is 127. The number of benzene rings is 2. The van der Waals surface area contributed by atoms with Gasteiger partial charge in [0.15, 0.2) is 17.5 Å². The van der Waals surface area contributed by atoms with Crippen LogP contribution in [0.15, 0.2) is 52.4 Å². The number of guanidine groups is 1. The molecule has 8 heteroatoms. The maximum absolute atomic E-state index is 5.60. The van der Waals surface area contributed by atoms with Crippen LogP contribution in [0.4, 0.5) is 0 Å². The average molecular weight is 572 g/mol. The van der Waals surface area contributed by atoms with Gasteiger partial charge in [0.1, 0.15) is 0 Å². The molecule has 1 heterocycles. The second-order valence-electron chi connectivity index (χ2n) is 7.44. The zero-order valence-electron chi connectivity index (χ0n) is 19.3. The van der Waals surface area contributed by atoms with Crippen LogP contribution in [0, 0.1) is 5.92 Å². The van der Waals surface area contributed by atoms with Gasteiger partial charge in [-0.3, -0.25) is 4.99 Å². The van der Waals surface area contributed by atoms with E-state index in [1.807, 2.05) is 30.9 Å². The number of thioether (sulfide) groups is 1. The Labute approximate surface area is 213 Å². The molecule has 1 saturated heterocycles. The molecule has 0 aromatic heterocycles. The molecule has 32 heavy (non-hydrogen) atoms. The predicted molar refractivity (Wildman–Crippen MR) is 143 cm³/mol. The molecule has 1 fully saturated rings. The molecule has 0 saturated carbocycles. The molecule has 0 spiro atoms. The molecule has 2 aromatic rings. The molecular weight excluding hydrogens is 537 g/mol. The summed E-state index contributed by atoms with van der Waals surface area (Å²) >= 11 is 1.94. The van der Waals surface area contributed by atoms with Gasteiger partial charge in [-0.15, -0.1) is 35.7 Å². The molecule has 1 aliphatic rings. The molecule has 6 nitrogen and oxygen atoms in total. The lowest BCUT2D eigenvalue weighted by atomic mass is 10.1. The van der Waals surface area contributed by atoms with Gasteiger partial charge in [-0.1, -0.05) is 24.3 Å². The highest BCUT2D eigenvalue weighted by Gasteiger charge is 2.25. The fourth-order valence-corrected chi connectivity index (χ4v) is 4.94. The molecule has 1 atom stereocenters. The van der Waals surface area contributed by atoms with Crippen LogP contribution in [0.2, 0.25) is 0 Å². The van der Waals surface area contributed by atoms with E-state index in [1.54, 1.807) is 21.3 Å². The molecule has 0 amide bonds. The lowest BCUT2D eigenvalue weighted by Gasteiger charge is -2.22. The Morgan fingerprint density at radius 3 is 2.47 bits per heavy atom. The number of methoxy groups -OCH3 is 3. The summed E-state index contributed by atoms with van der Waals surface area (Å²) in [7, 11) is 6.77. The van der Waals surface area contributed by atoms with Gasteiger partial charge in [-0.05, 0) is 37.0 Å². The topological polar surface area (TPSA) is 55.3 Å². The third kappa shape index (κ3) is 6.84. The number of hydrogen-bond acceptors (Lipinski definition) is 5. The number of ether oxygens (including phenoxy) is 3. The van der Waals surface area contributed by atoms with Crippen LogP contribution in [0.3, 0.4) is 0 Å². The molecule has 176 valence electrons. The minimum Gasteiger partial charge on any atom is -0.493 e. The van der Waals surface area contributed by atoms with Crippen molar-refractivity contribution < 1.29 is 14.2 Å². The quantitative estimate of drug-likeness (QED) is 0.206. The smallest absolute Gasteiger partial charge is 0.203 e. The van der Waals surface area contributed by atoms with E-state index in [9.17, 15) is 0 Å². The van der Waals surface area contributed by atoms with Gasteiger partial charge >= 0.3 is 0 Å². The molecule has 0 radical (unpaired) electrons. The Hall–Kier alpha value is -1.81. The van der Waals surface area contributed by atoms with Crippen molar-refractivity contribution >= 4 is 41.7 Å². The molecule has 3 rings (SSSR count). The Balaban J connectivity index is 0.00000363. The zero-order valence-corrected chi connectivity index (χ0v) is 22.4. The third-order valence-corrected chi connectivity index (χ3v) is 6.73. The van der Waals surface area contributed by atoms with E-state index in [1.165, 1.54) is 11.3 Å². The summed E-state index contributed by atoms with van der Waals surface area (Å²) in [5.74, 6) is 4.80. The Morgan fingerprint density at radius 2 is 1.81 bits per heavy atom. The summed E-state index contributed by atoms with van der Waals surface area (Å²) in [4.78, 5) is 8.21. The fraction of sp³-hybridized carbons (Fsp3) is 0.458. The first-order valence-corrected chi connectivity index (χ1v) is 11.6. The number of aliphatic imine (C=N–C) groups is 1. The number of hydrogen-bond donors (Lipinski definition) is 1. The summed E-state index contributed by atoms with van der Waals surface area (Å²) in [6, 6.07) is 14.6. The molecule has 2 aromatic carbocycles. The van der Waals surface area contributed by atoms with Gasteiger partial charge in [0.25, 0.3) is 0 Å². The standard InChI is InChI=1S/C24H33N3O3S.HI/c1-25-24(27-15-13-18(16-27)17-31-20-8-6-5-7-9-20)26-14-12-19-10-11-21(28-2)23(30-4)22(19)29-3;/h5-11,18H,12-17H2,1-4H3,(H,25,26);1H. The first kappa shape index (κ1) is 26.4. The van der Waals surface area contributed by atoms with Gasteiger partial charge in [-0.25, -0.2) is 0 Å². The van der Waals surface area contributed by atoms with Crippen LogP contribution in [-0.4, -0.2) is 64.6 Å². The van der Waals surface area contributed by atoms with Gasteiger partial charge in [0, 0.05) is 42.9 Å².